The normalized spacial score (nSPS) is 22.6. The van der Waals surface area contributed by atoms with E-state index in [1.54, 1.807) is 6.08 Å². The number of amides is 1. The molecule has 0 aromatic rings. The lowest BCUT2D eigenvalue weighted by Gasteiger charge is -2.16. The van der Waals surface area contributed by atoms with Crippen LogP contribution < -0.4 is 5.32 Å². The molecule has 0 spiro atoms. The molecular formula is C7H9NO3. The van der Waals surface area contributed by atoms with Crippen molar-refractivity contribution in [1.82, 2.24) is 5.32 Å². The smallest absolute Gasteiger partial charge is 0.328 e. The van der Waals surface area contributed by atoms with E-state index in [-0.39, 0.29) is 5.91 Å². The molecular weight excluding hydrogens is 146 g/mol. The molecule has 0 saturated carbocycles. The van der Waals surface area contributed by atoms with Gasteiger partial charge in [0.1, 0.15) is 6.04 Å². The molecule has 0 unspecified atom stereocenters. The van der Waals surface area contributed by atoms with Crippen LogP contribution >= 0.6 is 0 Å². The number of ether oxygens (including phenoxy) is 1. The lowest BCUT2D eigenvalue weighted by atomic mass is 10.1. The van der Waals surface area contributed by atoms with Gasteiger partial charge in [-0.25, -0.2) is 4.79 Å². The van der Waals surface area contributed by atoms with Crippen LogP contribution in [0.25, 0.3) is 0 Å². The average molecular weight is 155 g/mol. The molecule has 1 rings (SSSR count). The maximum atomic E-state index is 10.8. The highest BCUT2D eigenvalue weighted by Crippen LogP contribution is 2.01. The molecule has 60 valence electrons. The van der Waals surface area contributed by atoms with Gasteiger partial charge in [-0.15, -0.1) is 0 Å². The van der Waals surface area contributed by atoms with Crippen molar-refractivity contribution in [3.63, 3.8) is 0 Å². The summed E-state index contributed by atoms with van der Waals surface area (Å²) in [4.78, 5) is 21.5. The summed E-state index contributed by atoms with van der Waals surface area (Å²) < 4.78 is 4.45. The van der Waals surface area contributed by atoms with Crippen LogP contribution in [-0.4, -0.2) is 25.0 Å². The summed E-state index contributed by atoms with van der Waals surface area (Å²) >= 11 is 0. The second-order valence-corrected chi connectivity index (χ2v) is 2.22. The van der Waals surface area contributed by atoms with Gasteiger partial charge in [0.05, 0.1) is 7.11 Å². The Kier molecular flexibility index (Phi) is 2.25. The number of carbonyl (C=O) groups is 2. The summed E-state index contributed by atoms with van der Waals surface area (Å²) in [5.41, 5.74) is 0. The number of methoxy groups -OCH3 is 1. The molecule has 1 N–H and O–H groups in total. The van der Waals surface area contributed by atoms with E-state index in [0.717, 1.165) is 0 Å². The van der Waals surface area contributed by atoms with Gasteiger partial charge in [0, 0.05) is 0 Å². The zero-order valence-electron chi connectivity index (χ0n) is 6.16. The molecule has 1 atom stereocenters. The van der Waals surface area contributed by atoms with E-state index in [1.165, 1.54) is 13.2 Å². The Bertz CT molecular complexity index is 210. The number of esters is 1. The summed E-state index contributed by atoms with van der Waals surface area (Å²) in [7, 11) is 1.30. The lowest BCUT2D eigenvalue weighted by molar-refractivity contribution is -0.144. The molecule has 1 aliphatic heterocycles. The first-order valence-corrected chi connectivity index (χ1v) is 3.29. The third-order valence-electron chi connectivity index (χ3n) is 1.44. The fourth-order valence-electron chi connectivity index (χ4n) is 0.887. The third-order valence-corrected chi connectivity index (χ3v) is 1.44. The van der Waals surface area contributed by atoms with Crippen molar-refractivity contribution >= 4 is 11.9 Å². The van der Waals surface area contributed by atoms with Crippen LogP contribution in [0.15, 0.2) is 12.2 Å². The molecule has 4 heteroatoms. The lowest BCUT2D eigenvalue weighted by Crippen LogP contribution is -2.42. The maximum Gasteiger partial charge on any atom is 0.328 e. The second-order valence-electron chi connectivity index (χ2n) is 2.22. The molecule has 1 heterocycles. The summed E-state index contributed by atoms with van der Waals surface area (Å²) in [5.74, 6) is -0.644. The predicted molar refractivity (Wildman–Crippen MR) is 37.7 cm³/mol. The number of carbonyl (C=O) groups excluding carboxylic acids is 2. The molecule has 0 aromatic heterocycles. The highest BCUT2D eigenvalue weighted by molar-refractivity contribution is 5.93. The zero-order chi connectivity index (χ0) is 8.27. The van der Waals surface area contributed by atoms with Crippen LogP contribution in [0.1, 0.15) is 6.42 Å². The molecule has 0 bridgehead atoms. The van der Waals surface area contributed by atoms with Gasteiger partial charge in [-0.1, -0.05) is 6.08 Å². The molecule has 11 heavy (non-hydrogen) atoms. The molecule has 0 aromatic carbocycles. The molecule has 4 nitrogen and oxygen atoms in total. The minimum Gasteiger partial charge on any atom is -0.467 e. The van der Waals surface area contributed by atoms with Crippen molar-refractivity contribution in [1.29, 1.82) is 0 Å². The van der Waals surface area contributed by atoms with Crippen LogP contribution in [0.2, 0.25) is 0 Å². The fraction of sp³-hybridized carbons (Fsp3) is 0.429. The van der Waals surface area contributed by atoms with E-state index in [2.05, 4.69) is 10.1 Å². The Morgan fingerprint density at radius 1 is 1.82 bits per heavy atom. The first-order chi connectivity index (χ1) is 5.24. The van der Waals surface area contributed by atoms with E-state index >= 15 is 0 Å². The Morgan fingerprint density at radius 3 is 3.09 bits per heavy atom. The zero-order valence-corrected chi connectivity index (χ0v) is 6.16. The van der Waals surface area contributed by atoms with Gasteiger partial charge in [0.25, 0.3) is 0 Å². The van der Waals surface area contributed by atoms with Crippen molar-refractivity contribution in [2.24, 2.45) is 0 Å². The summed E-state index contributed by atoms with van der Waals surface area (Å²) in [6.07, 6.45) is 3.57. The highest BCUT2D eigenvalue weighted by atomic mass is 16.5. The van der Waals surface area contributed by atoms with Gasteiger partial charge in [0.15, 0.2) is 0 Å². The maximum absolute atomic E-state index is 10.8. The third kappa shape index (κ3) is 1.80. The summed E-state index contributed by atoms with van der Waals surface area (Å²) in [6.45, 7) is 0. The predicted octanol–water partition coefficient (Wildman–Crippen LogP) is -0.396. The average Bonchev–Trinajstić information content (AvgIpc) is 2.03. The van der Waals surface area contributed by atoms with Gasteiger partial charge in [-0.2, -0.15) is 0 Å². The van der Waals surface area contributed by atoms with E-state index in [4.69, 9.17) is 0 Å². The number of hydrogen-bond acceptors (Lipinski definition) is 3. The van der Waals surface area contributed by atoms with Crippen molar-refractivity contribution in [3.05, 3.63) is 12.2 Å². The van der Waals surface area contributed by atoms with Crippen molar-refractivity contribution in [2.45, 2.75) is 12.5 Å². The Hall–Kier alpha value is -1.32. The number of hydrogen-bond donors (Lipinski definition) is 1. The quantitative estimate of drug-likeness (QED) is 0.524. The van der Waals surface area contributed by atoms with E-state index < -0.39 is 12.0 Å². The molecule has 0 saturated heterocycles. The molecule has 1 amide bonds. The monoisotopic (exact) mass is 155 g/mol. The Balaban J connectivity index is 2.56. The first-order valence-electron chi connectivity index (χ1n) is 3.29. The van der Waals surface area contributed by atoms with Crippen molar-refractivity contribution in [3.8, 4) is 0 Å². The SMILES string of the molecule is COC(=O)[C@H]1CC=CC(=O)N1. The van der Waals surface area contributed by atoms with E-state index in [9.17, 15) is 9.59 Å². The number of rotatable bonds is 1. The number of nitrogens with one attached hydrogen (secondary N) is 1. The molecule has 1 aliphatic rings. The van der Waals surface area contributed by atoms with Crippen LogP contribution in [0.3, 0.4) is 0 Å². The molecule has 0 radical (unpaired) electrons. The van der Waals surface area contributed by atoms with Crippen LogP contribution in [0.4, 0.5) is 0 Å². The summed E-state index contributed by atoms with van der Waals surface area (Å²) in [6, 6.07) is -0.502. The largest absolute Gasteiger partial charge is 0.467 e. The first kappa shape index (κ1) is 7.78. The van der Waals surface area contributed by atoms with Gasteiger partial charge in [-0.05, 0) is 12.5 Å². The van der Waals surface area contributed by atoms with Crippen molar-refractivity contribution in [2.75, 3.05) is 7.11 Å². The highest BCUT2D eigenvalue weighted by Gasteiger charge is 2.21. The van der Waals surface area contributed by atoms with Crippen molar-refractivity contribution < 1.29 is 14.3 Å². The Labute approximate surface area is 64.2 Å². The fourth-order valence-corrected chi connectivity index (χ4v) is 0.887. The van der Waals surface area contributed by atoms with Crippen LogP contribution in [0, 0.1) is 0 Å². The van der Waals surface area contributed by atoms with Gasteiger partial charge >= 0.3 is 5.97 Å². The van der Waals surface area contributed by atoms with E-state index in [0.29, 0.717) is 6.42 Å². The minimum atomic E-state index is -0.502. The van der Waals surface area contributed by atoms with E-state index in [1.807, 2.05) is 0 Å². The van der Waals surface area contributed by atoms with Gasteiger partial charge in [0.2, 0.25) is 5.91 Å². The topological polar surface area (TPSA) is 55.4 Å². The second kappa shape index (κ2) is 3.18. The minimum absolute atomic E-state index is 0.244. The summed E-state index contributed by atoms with van der Waals surface area (Å²) in [5, 5.41) is 2.47. The van der Waals surface area contributed by atoms with Crippen LogP contribution in [-0.2, 0) is 14.3 Å². The standard InChI is InChI=1S/C7H9NO3/c1-11-7(10)5-3-2-4-6(9)8-5/h2,4-5H,3H2,1H3,(H,8,9)/t5-/m1/s1. The van der Waals surface area contributed by atoms with Gasteiger partial charge in [-0.3, -0.25) is 4.79 Å². The van der Waals surface area contributed by atoms with Crippen LogP contribution in [0.5, 0.6) is 0 Å². The molecule has 0 aliphatic carbocycles. The van der Waals surface area contributed by atoms with Gasteiger partial charge < -0.3 is 10.1 Å². The molecule has 0 fully saturated rings. The Morgan fingerprint density at radius 2 is 2.55 bits per heavy atom.